The minimum Gasteiger partial charge on any atom is -0.198 e. The van der Waals surface area contributed by atoms with Gasteiger partial charge in [0.05, 0.1) is 23.7 Å². The van der Waals surface area contributed by atoms with Gasteiger partial charge in [-0.15, -0.1) is 0 Å². The number of aromatic nitrogens is 3. The molecule has 0 aromatic carbocycles. The number of rotatable bonds is 1. The molecule has 0 saturated heterocycles. The van der Waals surface area contributed by atoms with Gasteiger partial charge in [-0.05, 0) is 33.1 Å². The van der Waals surface area contributed by atoms with Crippen LogP contribution in [0.3, 0.4) is 0 Å². The summed E-state index contributed by atoms with van der Waals surface area (Å²) in [7, 11) is 0. The van der Waals surface area contributed by atoms with Crippen molar-refractivity contribution in [2.24, 2.45) is 0 Å². The molecule has 0 bridgehead atoms. The molecule has 1 unspecified atom stereocenters. The predicted octanol–water partition coefficient (Wildman–Crippen LogP) is 1.80. The first-order chi connectivity index (χ1) is 6.72. The molecule has 1 atom stereocenters. The molecule has 0 spiro atoms. The molecule has 2 rings (SSSR count). The van der Waals surface area contributed by atoms with E-state index in [-0.39, 0.29) is 12.0 Å². The SMILES string of the molecule is CC(C)n1nc2c(n1)C(C#N)CCC2. The molecule has 4 nitrogen and oxygen atoms in total. The van der Waals surface area contributed by atoms with Crippen molar-refractivity contribution in [3.05, 3.63) is 11.4 Å². The first-order valence-corrected chi connectivity index (χ1v) is 5.07. The Morgan fingerprint density at radius 1 is 1.50 bits per heavy atom. The third kappa shape index (κ3) is 1.39. The maximum atomic E-state index is 8.96. The number of hydrogen-bond acceptors (Lipinski definition) is 3. The normalized spacial score (nSPS) is 20.6. The van der Waals surface area contributed by atoms with E-state index in [1.165, 1.54) is 0 Å². The second kappa shape index (κ2) is 3.41. The van der Waals surface area contributed by atoms with Gasteiger partial charge in [-0.3, -0.25) is 0 Å². The Morgan fingerprint density at radius 2 is 2.29 bits per heavy atom. The summed E-state index contributed by atoms with van der Waals surface area (Å²) in [4.78, 5) is 1.72. The lowest BCUT2D eigenvalue weighted by molar-refractivity contribution is 0.461. The Balaban J connectivity index is 2.39. The third-order valence-corrected chi connectivity index (χ3v) is 2.58. The van der Waals surface area contributed by atoms with Crippen molar-refractivity contribution in [1.82, 2.24) is 15.0 Å². The fraction of sp³-hybridized carbons (Fsp3) is 0.700. The smallest absolute Gasteiger partial charge is 0.103 e. The van der Waals surface area contributed by atoms with E-state index in [0.29, 0.717) is 0 Å². The van der Waals surface area contributed by atoms with Crippen LogP contribution in [0.4, 0.5) is 0 Å². The minimum absolute atomic E-state index is 0.0359. The molecule has 1 heterocycles. The number of fused-ring (bicyclic) bond motifs is 1. The molecule has 74 valence electrons. The molecule has 1 aliphatic carbocycles. The zero-order valence-electron chi connectivity index (χ0n) is 8.56. The molecule has 1 aliphatic rings. The Morgan fingerprint density at radius 3 is 2.93 bits per heavy atom. The first-order valence-electron chi connectivity index (χ1n) is 5.07. The molecule has 0 saturated carbocycles. The summed E-state index contributed by atoms with van der Waals surface area (Å²) in [5, 5.41) is 17.7. The number of nitrogens with zero attached hydrogens (tertiary/aromatic N) is 4. The zero-order chi connectivity index (χ0) is 10.1. The summed E-state index contributed by atoms with van der Waals surface area (Å²) in [6.07, 6.45) is 2.96. The molecule has 0 aliphatic heterocycles. The molecule has 0 radical (unpaired) electrons. The largest absolute Gasteiger partial charge is 0.198 e. The van der Waals surface area contributed by atoms with E-state index in [2.05, 4.69) is 16.3 Å². The molecule has 1 aromatic rings. The molecule has 0 fully saturated rings. The molecular formula is C10H14N4. The summed E-state index contributed by atoms with van der Waals surface area (Å²) in [5.41, 5.74) is 1.93. The predicted molar refractivity (Wildman–Crippen MR) is 51.7 cm³/mol. The minimum atomic E-state index is -0.0359. The monoisotopic (exact) mass is 190 g/mol. The van der Waals surface area contributed by atoms with Gasteiger partial charge in [-0.1, -0.05) is 0 Å². The van der Waals surface area contributed by atoms with Gasteiger partial charge >= 0.3 is 0 Å². The zero-order valence-corrected chi connectivity index (χ0v) is 8.56. The van der Waals surface area contributed by atoms with Crippen molar-refractivity contribution in [1.29, 1.82) is 5.26 Å². The van der Waals surface area contributed by atoms with Crippen LogP contribution in [-0.4, -0.2) is 15.0 Å². The van der Waals surface area contributed by atoms with Crippen molar-refractivity contribution in [2.45, 2.75) is 45.1 Å². The van der Waals surface area contributed by atoms with Gasteiger partial charge in [-0.25, -0.2) is 0 Å². The average Bonchev–Trinajstić information content (AvgIpc) is 2.60. The van der Waals surface area contributed by atoms with Crippen molar-refractivity contribution >= 4 is 0 Å². The third-order valence-electron chi connectivity index (χ3n) is 2.58. The van der Waals surface area contributed by atoms with E-state index >= 15 is 0 Å². The van der Waals surface area contributed by atoms with Crippen molar-refractivity contribution in [3.8, 4) is 6.07 Å². The standard InChI is InChI=1S/C10H14N4/c1-7(2)14-12-9-5-3-4-8(6-11)10(9)13-14/h7-8H,3-5H2,1-2H3. The van der Waals surface area contributed by atoms with Gasteiger partial charge in [0.1, 0.15) is 5.69 Å². The molecular weight excluding hydrogens is 176 g/mol. The van der Waals surface area contributed by atoms with E-state index in [1.54, 1.807) is 4.80 Å². The van der Waals surface area contributed by atoms with Crippen LogP contribution < -0.4 is 0 Å². The second-order valence-corrected chi connectivity index (χ2v) is 4.02. The van der Waals surface area contributed by atoms with Crippen LogP contribution in [0.2, 0.25) is 0 Å². The van der Waals surface area contributed by atoms with Crippen LogP contribution >= 0.6 is 0 Å². The van der Waals surface area contributed by atoms with Gasteiger partial charge < -0.3 is 0 Å². The Kier molecular flexibility index (Phi) is 2.24. The van der Waals surface area contributed by atoms with Crippen LogP contribution in [0.1, 0.15) is 50.0 Å². The first kappa shape index (κ1) is 9.20. The highest BCUT2D eigenvalue weighted by molar-refractivity contribution is 5.23. The van der Waals surface area contributed by atoms with Gasteiger partial charge in [0, 0.05) is 0 Å². The van der Waals surface area contributed by atoms with E-state index in [1.807, 2.05) is 13.8 Å². The van der Waals surface area contributed by atoms with Gasteiger partial charge in [0.25, 0.3) is 0 Å². The lowest BCUT2D eigenvalue weighted by atomic mass is 9.91. The quantitative estimate of drug-likeness (QED) is 0.678. The van der Waals surface area contributed by atoms with Gasteiger partial charge in [0.15, 0.2) is 0 Å². The summed E-state index contributed by atoms with van der Waals surface area (Å²) < 4.78 is 0. The van der Waals surface area contributed by atoms with Crippen molar-refractivity contribution in [3.63, 3.8) is 0 Å². The van der Waals surface area contributed by atoms with E-state index in [9.17, 15) is 0 Å². The molecule has 1 aromatic heterocycles. The Labute approximate surface area is 83.5 Å². The van der Waals surface area contributed by atoms with Gasteiger partial charge in [-0.2, -0.15) is 20.3 Å². The summed E-state index contributed by atoms with van der Waals surface area (Å²) >= 11 is 0. The van der Waals surface area contributed by atoms with Crippen LogP contribution in [0.25, 0.3) is 0 Å². The number of aryl methyl sites for hydroxylation is 1. The molecule has 14 heavy (non-hydrogen) atoms. The van der Waals surface area contributed by atoms with Crippen LogP contribution in [-0.2, 0) is 6.42 Å². The molecule has 0 N–H and O–H groups in total. The van der Waals surface area contributed by atoms with Crippen LogP contribution in [0.15, 0.2) is 0 Å². The number of hydrogen-bond donors (Lipinski definition) is 0. The van der Waals surface area contributed by atoms with Crippen molar-refractivity contribution < 1.29 is 0 Å². The lowest BCUT2D eigenvalue weighted by Crippen LogP contribution is -2.07. The topological polar surface area (TPSA) is 54.5 Å². The highest BCUT2D eigenvalue weighted by atomic mass is 15.5. The van der Waals surface area contributed by atoms with Gasteiger partial charge in [0.2, 0.25) is 0 Å². The van der Waals surface area contributed by atoms with Crippen LogP contribution in [0.5, 0.6) is 0 Å². The van der Waals surface area contributed by atoms with Crippen LogP contribution in [0, 0.1) is 11.3 Å². The Hall–Kier alpha value is -1.37. The highest BCUT2D eigenvalue weighted by Gasteiger charge is 2.25. The molecule has 4 heteroatoms. The average molecular weight is 190 g/mol. The summed E-state index contributed by atoms with van der Waals surface area (Å²) in [6.45, 7) is 4.10. The second-order valence-electron chi connectivity index (χ2n) is 4.02. The van der Waals surface area contributed by atoms with E-state index in [0.717, 1.165) is 30.7 Å². The van der Waals surface area contributed by atoms with E-state index < -0.39 is 0 Å². The lowest BCUT2D eigenvalue weighted by Gasteiger charge is -2.11. The highest BCUT2D eigenvalue weighted by Crippen LogP contribution is 2.28. The Bertz CT molecular complexity index is 372. The summed E-state index contributed by atoms with van der Waals surface area (Å²) in [6, 6.07) is 2.57. The fourth-order valence-corrected chi connectivity index (χ4v) is 1.78. The summed E-state index contributed by atoms with van der Waals surface area (Å²) in [5.74, 6) is -0.0359. The van der Waals surface area contributed by atoms with Crippen molar-refractivity contribution in [2.75, 3.05) is 0 Å². The van der Waals surface area contributed by atoms with E-state index in [4.69, 9.17) is 5.26 Å². The molecule has 0 amide bonds. The maximum absolute atomic E-state index is 8.96. The maximum Gasteiger partial charge on any atom is 0.103 e. The number of nitriles is 1. The fourth-order valence-electron chi connectivity index (χ4n) is 1.78.